The molecular formula is C12H15N3O2. The van der Waals surface area contributed by atoms with E-state index in [-0.39, 0.29) is 12.1 Å². The van der Waals surface area contributed by atoms with Crippen LogP contribution in [0.3, 0.4) is 0 Å². The van der Waals surface area contributed by atoms with E-state index in [1.54, 1.807) is 29.7 Å². The second-order valence-electron chi connectivity index (χ2n) is 4.19. The van der Waals surface area contributed by atoms with Crippen LogP contribution in [0.2, 0.25) is 0 Å². The van der Waals surface area contributed by atoms with Crippen LogP contribution < -0.4 is 5.73 Å². The number of rotatable bonds is 2. The first-order chi connectivity index (χ1) is 7.99. The van der Waals surface area contributed by atoms with E-state index >= 15 is 0 Å². The van der Waals surface area contributed by atoms with Crippen LogP contribution in [0, 0.1) is 6.92 Å². The van der Waals surface area contributed by atoms with Gasteiger partial charge >= 0.3 is 5.97 Å². The molecule has 2 heterocycles. The fraction of sp³-hybridized carbons (Fsp3) is 0.333. The highest BCUT2D eigenvalue weighted by Gasteiger charge is 2.18. The van der Waals surface area contributed by atoms with Crippen molar-refractivity contribution < 1.29 is 9.53 Å². The van der Waals surface area contributed by atoms with Crippen LogP contribution in [0.5, 0.6) is 0 Å². The number of hydrogen-bond acceptors (Lipinski definition) is 4. The second-order valence-corrected chi connectivity index (χ2v) is 4.19. The summed E-state index contributed by atoms with van der Waals surface area (Å²) < 4.78 is 6.84. The Balaban J connectivity index is 2.55. The minimum atomic E-state index is -0.379. The molecule has 0 amide bonds. The predicted octanol–water partition coefficient (Wildman–Crippen LogP) is 1.79. The minimum Gasteiger partial charge on any atom is -0.458 e. The third-order valence-electron chi connectivity index (χ3n) is 2.35. The number of fused-ring (bicyclic) bond motifs is 1. The Labute approximate surface area is 99.2 Å². The molecule has 0 aliphatic heterocycles. The van der Waals surface area contributed by atoms with Gasteiger partial charge in [-0.2, -0.15) is 0 Å². The largest absolute Gasteiger partial charge is 0.458 e. The molecule has 2 aromatic heterocycles. The lowest BCUT2D eigenvalue weighted by atomic mass is 10.3. The Morgan fingerprint density at radius 3 is 2.82 bits per heavy atom. The van der Waals surface area contributed by atoms with E-state index in [4.69, 9.17) is 10.5 Å². The summed E-state index contributed by atoms with van der Waals surface area (Å²) in [5.74, 6) is -0.379. The molecule has 5 heteroatoms. The number of carbonyl (C=O) groups excluding carboxylic acids is 1. The highest BCUT2D eigenvalue weighted by molar-refractivity contribution is 5.90. The van der Waals surface area contributed by atoms with Gasteiger partial charge in [-0.25, -0.2) is 9.78 Å². The smallest absolute Gasteiger partial charge is 0.357 e. The summed E-state index contributed by atoms with van der Waals surface area (Å²) in [6.45, 7) is 5.40. The van der Waals surface area contributed by atoms with Crippen LogP contribution >= 0.6 is 0 Å². The standard InChI is InChI=1S/C12H15N3O2/c1-7(2)17-12(16)11-8(3)14-10-5-4-9(13)6-15(10)11/h4-7H,13H2,1-3H3. The number of anilines is 1. The molecule has 0 aliphatic rings. The van der Waals surface area contributed by atoms with Crippen LogP contribution in [0.15, 0.2) is 18.3 Å². The SMILES string of the molecule is Cc1nc2ccc(N)cn2c1C(=O)OC(C)C. The van der Waals surface area contributed by atoms with Crippen molar-refractivity contribution in [3.05, 3.63) is 29.7 Å². The topological polar surface area (TPSA) is 69.6 Å². The molecule has 0 aliphatic carbocycles. The Morgan fingerprint density at radius 2 is 2.18 bits per heavy atom. The van der Waals surface area contributed by atoms with E-state index in [2.05, 4.69) is 4.98 Å². The number of hydrogen-bond donors (Lipinski definition) is 1. The van der Waals surface area contributed by atoms with E-state index in [1.165, 1.54) is 0 Å². The van der Waals surface area contributed by atoms with Gasteiger partial charge in [-0.05, 0) is 32.9 Å². The number of imidazole rings is 1. The predicted molar refractivity (Wildman–Crippen MR) is 64.9 cm³/mol. The van der Waals surface area contributed by atoms with Gasteiger partial charge in [0, 0.05) is 11.9 Å². The summed E-state index contributed by atoms with van der Waals surface area (Å²) in [6.07, 6.45) is 1.51. The number of nitrogens with two attached hydrogens (primary N) is 1. The van der Waals surface area contributed by atoms with Crippen molar-refractivity contribution in [2.45, 2.75) is 26.9 Å². The summed E-state index contributed by atoms with van der Waals surface area (Å²) in [4.78, 5) is 16.2. The molecule has 0 spiro atoms. The summed E-state index contributed by atoms with van der Waals surface area (Å²) >= 11 is 0. The lowest BCUT2D eigenvalue weighted by Gasteiger charge is -2.08. The Bertz CT molecular complexity index is 572. The Hall–Kier alpha value is -2.04. The average molecular weight is 233 g/mol. The highest BCUT2D eigenvalue weighted by Crippen LogP contribution is 2.16. The van der Waals surface area contributed by atoms with Crippen molar-refractivity contribution in [1.29, 1.82) is 0 Å². The average Bonchev–Trinajstić information content (AvgIpc) is 2.52. The molecule has 17 heavy (non-hydrogen) atoms. The summed E-state index contributed by atoms with van der Waals surface area (Å²) in [6, 6.07) is 3.52. The van der Waals surface area contributed by atoms with Crippen LogP contribution in [0.4, 0.5) is 5.69 Å². The van der Waals surface area contributed by atoms with Crippen LogP contribution in [0.1, 0.15) is 30.0 Å². The zero-order chi connectivity index (χ0) is 12.6. The molecule has 0 unspecified atom stereocenters. The Kier molecular flexibility index (Phi) is 2.75. The van der Waals surface area contributed by atoms with Gasteiger partial charge in [-0.1, -0.05) is 0 Å². The van der Waals surface area contributed by atoms with Gasteiger partial charge in [0.2, 0.25) is 0 Å². The van der Waals surface area contributed by atoms with Gasteiger partial charge in [0.15, 0.2) is 5.69 Å². The molecule has 2 aromatic rings. The fourth-order valence-corrected chi connectivity index (χ4v) is 1.69. The number of ether oxygens (including phenoxy) is 1. The number of nitrogen functional groups attached to an aromatic ring is 1. The molecule has 0 radical (unpaired) electrons. The molecule has 90 valence electrons. The molecule has 0 aromatic carbocycles. The van der Waals surface area contributed by atoms with E-state index in [9.17, 15) is 4.79 Å². The van der Waals surface area contributed by atoms with Crippen molar-refractivity contribution >= 4 is 17.3 Å². The van der Waals surface area contributed by atoms with E-state index in [0.29, 0.717) is 22.7 Å². The van der Waals surface area contributed by atoms with Crippen molar-refractivity contribution in [2.24, 2.45) is 0 Å². The number of nitrogens with zero attached hydrogens (tertiary/aromatic N) is 2. The van der Waals surface area contributed by atoms with E-state index in [0.717, 1.165) is 0 Å². The molecule has 5 nitrogen and oxygen atoms in total. The first-order valence-corrected chi connectivity index (χ1v) is 5.44. The molecule has 0 bridgehead atoms. The maximum Gasteiger partial charge on any atom is 0.357 e. The summed E-state index contributed by atoms with van der Waals surface area (Å²) in [5, 5.41) is 0. The molecule has 2 N–H and O–H groups in total. The summed E-state index contributed by atoms with van der Waals surface area (Å²) in [5.41, 5.74) is 8.04. The molecule has 0 atom stereocenters. The van der Waals surface area contributed by atoms with Gasteiger partial charge in [0.1, 0.15) is 5.65 Å². The third kappa shape index (κ3) is 2.08. The third-order valence-corrected chi connectivity index (χ3v) is 2.35. The van der Waals surface area contributed by atoms with Crippen LogP contribution in [-0.4, -0.2) is 21.5 Å². The summed E-state index contributed by atoms with van der Waals surface area (Å²) in [7, 11) is 0. The number of aromatic nitrogens is 2. The Morgan fingerprint density at radius 1 is 1.47 bits per heavy atom. The van der Waals surface area contributed by atoms with Crippen molar-refractivity contribution in [2.75, 3.05) is 5.73 Å². The lowest BCUT2D eigenvalue weighted by molar-refractivity contribution is 0.0369. The van der Waals surface area contributed by atoms with Crippen LogP contribution in [0.25, 0.3) is 5.65 Å². The van der Waals surface area contributed by atoms with Gasteiger partial charge in [0.05, 0.1) is 11.8 Å². The number of pyridine rings is 1. The van der Waals surface area contributed by atoms with Crippen molar-refractivity contribution in [3.8, 4) is 0 Å². The molecular weight excluding hydrogens is 218 g/mol. The van der Waals surface area contributed by atoms with E-state index < -0.39 is 0 Å². The van der Waals surface area contributed by atoms with E-state index in [1.807, 2.05) is 13.8 Å². The normalized spacial score (nSPS) is 11.1. The zero-order valence-electron chi connectivity index (χ0n) is 10.1. The molecule has 0 saturated carbocycles. The number of esters is 1. The number of aryl methyl sites for hydroxylation is 1. The maximum atomic E-state index is 11.9. The first kappa shape index (κ1) is 11.4. The van der Waals surface area contributed by atoms with Crippen molar-refractivity contribution in [3.63, 3.8) is 0 Å². The van der Waals surface area contributed by atoms with Gasteiger partial charge in [-0.3, -0.25) is 4.40 Å². The lowest BCUT2D eigenvalue weighted by Crippen LogP contribution is -2.14. The van der Waals surface area contributed by atoms with Gasteiger partial charge in [0.25, 0.3) is 0 Å². The maximum absolute atomic E-state index is 11.9. The van der Waals surface area contributed by atoms with Crippen LogP contribution in [-0.2, 0) is 4.74 Å². The van der Waals surface area contributed by atoms with Crippen molar-refractivity contribution in [1.82, 2.24) is 9.38 Å². The molecule has 0 fully saturated rings. The van der Waals surface area contributed by atoms with Gasteiger partial charge < -0.3 is 10.5 Å². The zero-order valence-corrected chi connectivity index (χ0v) is 10.1. The number of carbonyl (C=O) groups is 1. The monoisotopic (exact) mass is 233 g/mol. The highest BCUT2D eigenvalue weighted by atomic mass is 16.5. The quantitative estimate of drug-likeness (QED) is 0.803. The molecule has 2 rings (SSSR count). The van der Waals surface area contributed by atoms with Gasteiger partial charge in [-0.15, -0.1) is 0 Å². The molecule has 0 saturated heterocycles. The second kappa shape index (κ2) is 4.08. The fourth-order valence-electron chi connectivity index (χ4n) is 1.69. The minimum absolute atomic E-state index is 0.159. The first-order valence-electron chi connectivity index (χ1n) is 5.44.